The lowest BCUT2D eigenvalue weighted by atomic mass is 10.0. The van der Waals surface area contributed by atoms with E-state index in [4.69, 9.17) is 0 Å². The summed E-state index contributed by atoms with van der Waals surface area (Å²) in [6, 6.07) is 14.1. The molecule has 2 aromatic carbocycles. The first-order chi connectivity index (χ1) is 8.72. The minimum Gasteiger partial charge on any atom is -0.289 e. The molecule has 0 spiro atoms. The molecule has 0 saturated heterocycles. The first-order valence-electron chi connectivity index (χ1n) is 5.50. The summed E-state index contributed by atoms with van der Waals surface area (Å²) in [6.07, 6.45) is 1.48. The minimum atomic E-state index is -0.149. The molecule has 3 nitrogen and oxygen atoms in total. The molecule has 3 heteroatoms. The highest BCUT2D eigenvalue weighted by atomic mass is 16.1. The third-order valence-corrected chi connectivity index (χ3v) is 2.60. The number of carbonyl (C=O) groups excluding carboxylic acids is 2. The predicted molar refractivity (Wildman–Crippen MR) is 68.8 cm³/mol. The van der Waals surface area contributed by atoms with Crippen LogP contribution in [0.3, 0.4) is 0 Å². The van der Waals surface area contributed by atoms with Crippen LogP contribution in [-0.2, 0) is 4.79 Å². The average molecular weight is 237 g/mol. The van der Waals surface area contributed by atoms with Crippen LogP contribution >= 0.6 is 0 Å². The van der Waals surface area contributed by atoms with Crippen molar-refractivity contribution < 1.29 is 9.59 Å². The van der Waals surface area contributed by atoms with E-state index in [2.05, 4.69) is 4.99 Å². The molecule has 0 amide bonds. The van der Waals surface area contributed by atoms with Crippen LogP contribution in [-0.4, -0.2) is 11.9 Å². The lowest BCUT2D eigenvalue weighted by Crippen LogP contribution is -2.01. The van der Waals surface area contributed by atoms with Crippen molar-refractivity contribution in [3.8, 4) is 0 Å². The fourth-order valence-corrected chi connectivity index (χ4v) is 1.72. The Morgan fingerprint density at radius 3 is 2.50 bits per heavy atom. The molecule has 0 bridgehead atoms. The average Bonchev–Trinajstić information content (AvgIpc) is 2.40. The van der Waals surface area contributed by atoms with Crippen molar-refractivity contribution in [2.45, 2.75) is 6.92 Å². The van der Waals surface area contributed by atoms with E-state index in [1.807, 2.05) is 19.1 Å². The third kappa shape index (κ3) is 2.42. The first kappa shape index (κ1) is 12.0. The zero-order chi connectivity index (χ0) is 13.0. The summed E-state index contributed by atoms with van der Waals surface area (Å²) in [5.74, 6) is -0.149. The summed E-state index contributed by atoms with van der Waals surface area (Å²) in [6.45, 7) is 1.88. The van der Waals surface area contributed by atoms with Crippen molar-refractivity contribution in [2.75, 3.05) is 0 Å². The van der Waals surface area contributed by atoms with Gasteiger partial charge in [-0.1, -0.05) is 36.4 Å². The quantitative estimate of drug-likeness (QED) is 0.467. The fraction of sp³-hybridized carbons (Fsp3) is 0.0667. The molecule has 0 aromatic heterocycles. The van der Waals surface area contributed by atoms with Crippen LogP contribution in [0.4, 0.5) is 5.69 Å². The van der Waals surface area contributed by atoms with Gasteiger partial charge in [0, 0.05) is 11.1 Å². The van der Waals surface area contributed by atoms with Gasteiger partial charge in [-0.15, -0.1) is 0 Å². The van der Waals surface area contributed by atoms with Crippen molar-refractivity contribution >= 4 is 17.6 Å². The van der Waals surface area contributed by atoms with Gasteiger partial charge >= 0.3 is 0 Å². The summed E-state index contributed by atoms with van der Waals surface area (Å²) in [5, 5.41) is 0. The van der Waals surface area contributed by atoms with Gasteiger partial charge in [0.2, 0.25) is 6.08 Å². The molecule has 0 saturated carbocycles. The van der Waals surface area contributed by atoms with Crippen molar-refractivity contribution in [1.29, 1.82) is 0 Å². The van der Waals surface area contributed by atoms with Crippen LogP contribution in [0, 0.1) is 6.92 Å². The van der Waals surface area contributed by atoms with E-state index in [9.17, 15) is 9.59 Å². The van der Waals surface area contributed by atoms with Gasteiger partial charge in [0.25, 0.3) is 0 Å². The van der Waals surface area contributed by atoms with Crippen LogP contribution < -0.4 is 0 Å². The number of carbonyl (C=O) groups is 1. The standard InChI is InChI=1S/C15H11NO2/c1-11-7-8-13(14(9-11)16-10-17)15(18)12-5-3-2-4-6-12/h2-9H,1H3. The summed E-state index contributed by atoms with van der Waals surface area (Å²) in [5.41, 5.74) is 2.28. The number of hydrogen-bond donors (Lipinski definition) is 0. The number of aryl methyl sites for hydroxylation is 1. The topological polar surface area (TPSA) is 46.5 Å². The number of benzene rings is 2. The van der Waals surface area contributed by atoms with E-state index in [0.29, 0.717) is 16.8 Å². The zero-order valence-electron chi connectivity index (χ0n) is 9.88. The van der Waals surface area contributed by atoms with Gasteiger partial charge < -0.3 is 0 Å². The van der Waals surface area contributed by atoms with Gasteiger partial charge in [0.15, 0.2) is 5.78 Å². The van der Waals surface area contributed by atoms with Crippen LogP contribution in [0.15, 0.2) is 53.5 Å². The fourth-order valence-electron chi connectivity index (χ4n) is 1.72. The lowest BCUT2D eigenvalue weighted by Gasteiger charge is -2.04. The Morgan fingerprint density at radius 2 is 1.83 bits per heavy atom. The molecule has 0 N–H and O–H groups in total. The molecule has 0 fully saturated rings. The van der Waals surface area contributed by atoms with Crippen LogP contribution in [0.1, 0.15) is 21.5 Å². The van der Waals surface area contributed by atoms with Gasteiger partial charge in [-0.25, -0.2) is 4.79 Å². The Balaban J connectivity index is 2.51. The number of hydrogen-bond acceptors (Lipinski definition) is 3. The number of ketones is 1. The molecule has 0 aliphatic rings. The monoisotopic (exact) mass is 237 g/mol. The Bertz CT molecular complexity index is 626. The highest BCUT2D eigenvalue weighted by molar-refractivity contribution is 6.12. The summed E-state index contributed by atoms with van der Waals surface area (Å²) >= 11 is 0. The molecule has 2 rings (SSSR count). The molecule has 0 radical (unpaired) electrons. The Labute approximate surface area is 105 Å². The maximum absolute atomic E-state index is 12.3. The maximum atomic E-state index is 12.3. The largest absolute Gasteiger partial charge is 0.289 e. The number of rotatable bonds is 3. The molecule has 0 heterocycles. The molecule has 88 valence electrons. The molecule has 0 aliphatic heterocycles. The normalized spacial score (nSPS) is 9.61. The Kier molecular flexibility index (Phi) is 3.46. The molecular weight excluding hydrogens is 226 g/mol. The molecule has 0 atom stereocenters. The molecule has 2 aromatic rings. The SMILES string of the molecule is Cc1ccc(C(=O)c2ccccc2)c(N=C=O)c1. The smallest absolute Gasteiger partial charge is 0.240 e. The minimum absolute atomic E-state index is 0.149. The highest BCUT2D eigenvalue weighted by Gasteiger charge is 2.13. The number of isocyanates is 1. The summed E-state index contributed by atoms with van der Waals surface area (Å²) in [4.78, 5) is 26.2. The second kappa shape index (κ2) is 5.21. The van der Waals surface area contributed by atoms with E-state index < -0.39 is 0 Å². The highest BCUT2D eigenvalue weighted by Crippen LogP contribution is 2.23. The number of nitrogens with zero attached hydrogens (tertiary/aromatic N) is 1. The number of aliphatic imine (C=N–C) groups is 1. The maximum Gasteiger partial charge on any atom is 0.240 e. The molecule has 0 unspecified atom stereocenters. The third-order valence-electron chi connectivity index (χ3n) is 2.60. The van der Waals surface area contributed by atoms with Crippen molar-refractivity contribution in [3.05, 3.63) is 65.2 Å². The van der Waals surface area contributed by atoms with E-state index in [1.165, 1.54) is 6.08 Å². The van der Waals surface area contributed by atoms with Gasteiger partial charge in [0.05, 0.1) is 5.69 Å². The van der Waals surface area contributed by atoms with Gasteiger partial charge in [0.1, 0.15) is 0 Å². The lowest BCUT2D eigenvalue weighted by molar-refractivity contribution is 0.103. The van der Waals surface area contributed by atoms with E-state index in [0.717, 1.165) is 5.56 Å². The molecule has 0 aliphatic carbocycles. The Morgan fingerprint density at radius 1 is 1.11 bits per heavy atom. The van der Waals surface area contributed by atoms with Crippen molar-refractivity contribution in [1.82, 2.24) is 0 Å². The van der Waals surface area contributed by atoms with Gasteiger partial charge in [-0.2, -0.15) is 4.99 Å². The second-order valence-electron chi connectivity index (χ2n) is 3.92. The summed E-state index contributed by atoms with van der Waals surface area (Å²) < 4.78 is 0. The van der Waals surface area contributed by atoms with E-state index in [1.54, 1.807) is 36.4 Å². The van der Waals surface area contributed by atoms with Gasteiger partial charge in [-0.3, -0.25) is 4.79 Å². The molecular formula is C15H11NO2. The zero-order valence-corrected chi connectivity index (χ0v) is 9.88. The van der Waals surface area contributed by atoms with Crippen molar-refractivity contribution in [2.24, 2.45) is 4.99 Å². The van der Waals surface area contributed by atoms with E-state index in [-0.39, 0.29) is 5.78 Å². The van der Waals surface area contributed by atoms with E-state index >= 15 is 0 Å². The first-order valence-corrected chi connectivity index (χ1v) is 5.50. The van der Waals surface area contributed by atoms with Gasteiger partial charge in [-0.05, 0) is 24.6 Å². The predicted octanol–water partition coefficient (Wildman–Crippen LogP) is 3.19. The van der Waals surface area contributed by atoms with Crippen LogP contribution in [0.25, 0.3) is 0 Å². The molecule has 18 heavy (non-hydrogen) atoms. The second-order valence-corrected chi connectivity index (χ2v) is 3.92. The van der Waals surface area contributed by atoms with Crippen LogP contribution in [0.5, 0.6) is 0 Å². The van der Waals surface area contributed by atoms with Crippen LogP contribution in [0.2, 0.25) is 0 Å². The Hall–Kier alpha value is -2.51. The summed E-state index contributed by atoms with van der Waals surface area (Å²) in [7, 11) is 0. The van der Waals surface area contributed by atoms with Crippen molar-refractivity contribution in [3.63, 3.8) is 0 Å².